The molecule has 0 saturated carbocycles. The molecule has 0 atom stereocenters. The number of carbonyl (C=O) groups excluding carboxylic acids is 2. The molecule has 1 aliphatic heterocycles. The van der Waals surface area contributed by atoms with E-state index in [1.165, 1.54) is 0 Å². The minimum absolute atomic E-state index is 0.0521. The Morgan fingerprint density at radius 2 is 1.62 bits per heavy atom. The van der Waals surface area contributed by atoms with Crippen molar-refractivity contribution < 1.29 is 14.3 Å². The summed E-state index contributed by atoms with van der Waals surface area (Å²) in [6.45, 7) is 3.09. The lowest BCUT2D eigenvalue weighted by molar-refractivity contribution is 0.0665. The van der Waals surface area contributed by atoms with E-state index in [0.29, 0.717) is 35.7 Å². The topological polar surface area (TPSA) is 61.9 Å². The molecule has 26 heavy (non-hydrogen) atoms. The highest BCUT2D eigenvalue weighted by Gasteiger charge is 2.23. The zero-order valence-electron chi connectivity index (χ0n) is 15.1. The van der Waals surface area contributed by atoms with Crippen LogP contribution >= 0.6 is 0 Å². The quantitative estimate of drug-likeness (QED) is 0.916. The first kappa shape index (κ1) is 17.9. The fourth-order valence-electron chi connectivity index (χ4n) is 2.90. The van der Waals surface area contributed by atoms with Crippen molar-refractivity contribution in [3.8, 4) is 5.75 Å². The number of likely N-dealkylation sites (N-methyl/N-ethyl adjacent to an activating group) is 1. The average molecular weight is 353 g/mol. The predicted molar refractivity (Wildman–Crippen MR) is 101 cm³/mol. The Morgan fingerprint density at radius 1 is 0.962 bits per heavy atom. The normalized spacial score (nSPS) is 14.8. The molecule has 1 aliphatic rings. The Balaban J connectivity index is 1.76. The van der Waals surface area contributed by atoms with Crippen LogP contribution in [0.3, 0.4) is 0 Å². The van der Waals surface area contributed by atoms with Gasteiger partial charge in [-0.25, -0.2) is 0 Å². The minimum Gasteiger partial charge on any atom is -0.497 e. The van der Waals surface area contributed by atoms with E-state index in [-0.39, 0.29) is 11.8 Å². The third-order valence-electron chi connectivity index (χ3n) is 4.55. The third kappa shape index (κ3) is 4.03. The molecule has 1 saturated heterocycles. The maximum absolute atomic E-state index is 12.9. The Kier molecular flexibility index (Phi) is 5.53. The van der Waals surface area contributed by atoms with Gasteiger partial charge in [0.1, 0.15) is 5.75 Å². The second-order valence-electron chi connectivity index (χ2n) is 6.32. The molecule has 0 bridgehead atoms. The number of ether oxygens (including phenoxy) is 1. The van der Waals surface area contributed by atoms with Crippen molar-refractivity contribution in [1.29, 1.82) is 0 Å². The highest BCUT2D eigenvalue weighted by Crippen LogP contribution is 2.20. The summed E-state index contributed by atoms with van der Waals surface area (Å²) in [7, 11) is 3.63. The Labute approximate surface area is 153 Å². The summed E-state index contributed by atoms with van der Waals surface area (Å²) in [5.41, 5.74) is 1.55. The molecule has 2 aromatic carbocycles. The van der Waals surface area contributed by atoms with E-state index in [1.54, 1.807) is 43.5 Å². The van der Waals surface area contributed by atoms with Crippen LogP contribution in [0, 0.1) is 0 Å². The van der Waals surface area contributed by atoms with Crippen LogP contribution in [0.5, 0.6) is 5.75 Å². The van der Waals surface area contributed by atoms with E-state index in [2.05, 4.69) is 10.2 Å². The van der Waals surface area contributed by atoms with Crippen molar-refractivity contribution in [1.82, 2.24) is 9.80 Å². The first-order chi connectivity index (χ1) is 12.6. The molecule has 0 aromatic heterocycles. The SMILES string of the molecule is COc1ccc(C(=O)Nc2ccccc2C(=O)N2CCN(C)CC2)cc1. The number of hydrogen-bond donors (Lipinski definition) is 1. The molecule has 136 valence electrons. The minimum atomic E-state index is -0.258. The molecule has 0 spiro atoms. The van der Waals surface area contributed by atoms with Gasteiger partial charge in [-0.3, -0.25) is 9.59 Å². The number of rotatable bonds is 4. The van der Waals surface area contributed by atoms with Gasteiger partial charge in [-0.05, 0) is 43.4 Å². The van der Waals surface area contributed by atoms with E-state index < -0.39 is 0 Å². The van der Waals surface area contributed by atoms with E-state index in [4.69, 9.17) is 4.74 Å². The Bertz CT molecular complexity index is 781. The highest BCUT2D eigenvalue weighted by molar-refractivity contribution is 6.09. The molecule has 6 nitrogen and oxygen atoms in total. The number of anilines is 1. The Morgan fingerprint density at radius 3 is 2.27 bits per heavy atom. The average Bonchev–Trinajstić information content (AvgIpc) is 2.68. The summed E-state index contributed by atoms with van der Waals surface area (Å²) in [4.78, 5) is 29.4. The Hall–Kier alpha value is -2.86. The number of benzene rings is 2. The molecular formula is C20H23N3O3. The van der Waals surface area contributed by atoms with Gasteiger partial charge in [0.2, 0.25) is 0 Å². The van der Waals surface area contributed by atoms with Crippen LogP contribution in [0.25, 0.3) is 0 Å². The molecule has 3 rings (SSSR count). The maximum Gasteiger partial charge on any atom is 0.256 e. The molecule has 2 aromatic rings. The number of nitrogens with zero attached hydrogens (tertiary/aromatic N) is 2. The first-order valence-corrected chi connectivity index (χ1v) is 8.61. The zero-order valence-corrected chi connectivity index (χ0v) is 15.1. The molecule has 0 radical (unpaired) electrons. The number of piperazine rings is 1. The van der Waals surface area contributed by atoms with Crippen molar-refractivity contribution in [2.24, 2.45) is 0 Å². The van der Waals surface area contributed by atoms with Crippen LogP contribution < -0.4 is 10.1 Å². The molecule has 1 heterocycles. The fourth-order valence-corrected chi connectivity index (χ4v) is 2.90. The van der Waals surface area contributed by atoms with Crippen LogP contribution in [0.1, 0.15) is 20.7 Å². The number of hydrogen-bond acceptors (Lipinski definition) is 4. The van der Waals surface area contributed by atoms with Gasteiger partial charge in [0.05, 0.1) is 18.4 Å². The molecular weight excluding hydrogens is 330 g/mol. The summed E-state index contributed by atoms with van der Waals surface area (Å²) in [6, 6.07) is 14.0. The zero-order chi connectivity index (χ0) is 18.5. The molecule has 2 amide bonds. The maximum atomic E-state index is 12.9. The van der Waals surface area contributed by atoms with Crippen molar-refractivity contribution >= 4 is 17.5 Å². The number of methoxy groups -OCH3 is 1. The molecule has 1 fully saturated rings. The fraction of sp³-hybridized carbons (Fsp3) is 0.300. The summed E-state index contributed by atoms with van der Waals surface area (Å²) in [6.07, 6.45) is 0. The van der Waals surface area contributed by atoms with Gasteiger partial charge < -0.3 is 19.9 Å². The standard InChI is InChI=1S/C20H23N3O3/c1-22-11-13-23(14-12-22)20(25)17-5-3-4-6-18(17)21-19(24)15-7-9-16(26-2)10-8-15/h3-10H,11-14H2,1-2H3,(H,21,24). The van der Waals surface area contributed by atoms with Crippen molar-refractivity contribution in [3.05, 3.63) is 59.7 Å². The van der Waals surface area contributed by atoms with E-state index in [0.717, 1.165) is 13.1 Å². The van der Waals surface area contributed by atoms with Crippen LogP contribution in [0.15, 0.2) is 48.5 Å². The monoisotopic (exact) mass is 353 g/mol. The summed E-state index contributed by atoms with van der Waals surface area (Å²) in [5.74, 6) is 0.377. The van der Waals surface area contributed by atoms with Crippen molar-refractivity contribution in [2.45, 2.75) is 0 Å². The van der Waals surface area contributed by atoms with Crippen LogP contribution in [0.4, 0.5) is 5.69 Å². The molecule has 6 heteroatoms. The second kappa shape index (κ2) is 8.01. The van der Waals surface area contributed by atoms with Gasteiger partial charge in [0.15, 0.2) is 0 Å². The predicted octanol–water partition coefficient (Wildman–Crippen LogP) is 2.34. The molecule has 1 N–H and O–H groups in total. The number of carbonyl (C=O) groups is 2. The summed E-state index contributed by atoms with van der Waals surface area (Å²) in [5, 5.41) is 2.86. The molecule has 0 aliphatic carbocycles. The van der Waals surface area contributed by atoms with Gasteiger partial charge >= 0.3 is 0 Å². The van der Waals surface area contributed by atoms with Gasteiger partial charge in [0, 0.05) is 31.7 Å². The first-order valence-electron chi connectivity index (χ1n) is 8.61. The van der Waals surface area contributed by atoms with Gasteiger partial charge in [0.25, 0.3) is 11.8 Å². The highest BCUT2D eigenvalue weighted by atomic mass is 16.5. The van der Waals surface area contributed by atoms with Gasteiger partial charge in [-0.1, -0.05) is 12.1 Å². The van der Waals surface area contributed by atoms with Crippen molar-refractivity contribution in [2.75, 3.05) is 45.7 Å². The van der Waals surface area contributed by atoms with E-state index in [1.807, 2.05) is 24.1 Å². The number of para-hydroxylation sites is 1. The lowest BCUT2D eigenvalue weighted by Gasteiger charge is -2.32. The lowest BCUT2D eigenvalue weighted by atomic mass is 10.1. The van der Waals surface area contributed by atoms with E-state index in [9.17, 15) is 9.59 Å². The third-order valence-corrected chi connectivity index (χ3v) is 4.55. The summed E-state index contributed by atoms with van der Waals surface area (Å²) >= 11 is 0. The van der Waals surface area contributed by atoms with Gasteiger partial charge in [-0.2, -0.15) is 0 Å². The summed E-state index contributed by atoms with van der Waals surface area (Å²) < 4.78 is 5.11. The van der Waals surface area contributed by atoms with Crippen molar-refractivity contribution in [3.63, 3.8) is 0 Å². The van der Waals surface area contributed by atoms with Crippen LogP contribution in [0.2, 0.25) is 0 Å². The number of nitrogens with one attached hydrogen (secondary N) is 1. The van der Waals surface area contributed by atoms with E-state index >= 15 is 0 Å². The molecule has 0 unspecified atom stereocenters. The van der Waals surface area contributed by atoms with Gasteiger partial charge in [-0.15, -0.1) is 0 Å². The smallest absolute Gasteiger partial charge is 0.256 e. The second-order valence-corrected chi connectivity index (χ2v) is 6.32. The van der Waals surface area contributed by atoms with Crippen LogP contribution in [-0.2, 0) is 0 Å². The van der Waals surface area contributed by atoms with Crippen LogP contribution in [-0.4, -0.2) is 62.0 Å². The lowest BCUT2D eigenvalue weighted by Crippen LogP contribution is -2.47. The number of amides is 2. The largest absolute Gasteiger partial charge is 0.497 e.